The fraction of sp³-hybridized carbons (Fsp3) is 0.538. The van der Waals surface area contributed by atoms with Crippen LogP contribution in [0, 0.1) is 0 Å². The van der Waals surface area contributed by atoms with Crippen molar-refractivity contribution in [1.29, 1.82) is 0 Å². The number of ether oxygens (including phenoxy) is 1. The number of hydrogen-bond acceptors (Lipinski definition) is 4. The number of aliphatic hydroxyl groups excluding tert-OH is 1. The van der Waals surface area contributed by atoms with E-state index in [1.807, 2.05) is 30.3 Å². The van der Waals surface area contributed by atoms with Crippen molar-refractivity contribution >= 4 is 0 Å². The molecule has 2 fully saturated rings. The molecule has 4 heteroatoms. The average Bonchev–Trinajstić information content (AvgIpc) is 3.17. The molecule has 0 saturated carbocycles. The SMILES string of the molecule is OCCC[C@@H]1OO[C@H](c2ccccc2)[C@@H]2O[C@@H]21. The van der Waals surface area contributed by atoms with Gasteiger partial charge in [-0.3, -0.25) is 0 Å². The van der Waals surface area contributed by atoms with Crippen molar-refractivity contribution in [1.82, 2.24) is 0 Å². The molecule has 2 aliphatic heterocycles. The third kappa shape index (κ3) is 2.21. The zero-order valence-electron chi connectivity index (χ0n) is 9.49. The number of hydrogen-bond donors (Lipinski definition) is 1. The summed E-state index contributed by atoms with van der Waals surface area (Å²) >= 11 is 0. The van der Waals surface area contributed by atoms with Gasteiger partial charge in [-0.25, -0.2) is 9.78 Å². The molecule has 0 aliphatic carbocycles. The summed E-state index contributed by atoms with van der Waals surface area (Å²) in [5, 5.41) is 8.79. The molecule has 0 radical (unpaired) electrons. The van der Waals surface area contributed by atoms with Crippen LogP contribution in [-0.2, 0) is 14.5 Å². The minimum Gasteiger partial charge on any atom is -0.396 e. The van der Waals surface area contributed by atoms with Crippen LogP contribution < -0.4 is 0 Å². The van der Waals surface area contributed by atoms with Gasteiger partial charge in [0, 0.05) is 6.61 Å². The van der Waals surface area contributed by atoms with Crippen LogP contribution in [0.1, 0.15) is 24.5 Å². The third-order valence-electron chi connectivity index (χ3n) is 3.28. The lowest BCUT2D eigenvalue weighted by Gasteiger charge is -2.24. The zero-order valence-corrected chi connectivity index (χ0v) is 9.49. The molecule has 3 rings (SSSR count). The molecule has 2 saturated heterocycles. The van der Waals surface area contributed by atoms with Gasteiger partial charge in [0.15, 0.2) is 0 Å². The van der Waals surface area contributed by atoms with Gasteiger partial charge in [0.25, 0.3) is 0 Å². The molecular weight excluding hydrogens is 220 g/mol. The molecule has 2 heterocycles. The van der Waals surface area contributed by atoms with E-state index in [1.54, 1.807) is 0 Å². The highest BCUT2D eigenvalue weighted by Crippen LogP contribution is 2.44. The number of fused-ring (bicyclic) bond motifs is 1. The summed E-state index contributed by atoms with van der Waals surface area (Å²) in [4.78, 5) is 10.8. The Bertz CT molecular complexity index is 367. The lowest BCUT2D eigenvalue weighted by atomic mass is 10.0. The minimum atomic E-state index is -0.119. The van der Waals surface area contributed by atoms with Gasteiger partial charge in [-0.2, -0.15) is 0 Å². The van der Waals surface area contributed by atoms with Crippen LogP contribution in [0.2, 0.25) is 0 Å². The highest BCUT2D eigenvalue weighted by atomic mass is 17.2. The van der Waals surface area contributed by atoms with Crippen LogP contribution in [0.3, 0.4) is 0 Å². The first-order valence-corrected chi connectivity index (χ1v) is 6.03. The maximum atomic E-state index is 8.79. The van der Waals surface area contributed by atoms with E-state index in [-0.39, 0.29) is 31.0 Å². The van der Waals surface area contributed by atoms with Crippen LogP contribution in [0.5, 0.6) is 0 Å². The van der Waals surface area contributed by atoms with E-state index in [0.29, 0.717) is 0 Å². The Balaban J connectivity index is 1.63. The average molecular weight is 236 g/mol. The molecule has 0 unspecified atom stereocenters. The predicted molar refractivity (Wildman–Crippen MR) is 60.1 cm³/mol. The van der Waals surface area contributed by atoms with Gasteiger partial charge in [0.05, 0.1) is 0 Å². The van der Waals surface area contributed by atoms with Gasteiger partial charge < -0.3 is 9.84 Å². The molecule has 0 bridgehead atoms. The second kappa shape index (κ2) is 4.74. The Hall–Kier alpha value is -0.940. The first-order chi connectivity index (χ1) is 8.40. The first kappa shape index (κ1) is 11.2. The Kier molecular flexibility index (Phi) is 3.11. The fourth-order valence-corrected chi connectivity index (χ4v) is 2.31. The lowest BCUT2D eigenvalue weighted by Crippen LogP contribution is -2.31. The van der Waals surface area contributed by atoms with Crippen molar-refractivity contribution in [2.75, 3.05) is 6.61 Å². The van der Waals surface area contributed by atoms with Crippen molar-refractivity contribution in [2.24, 2.45) is 0 Å². The van der Waals surface area contributed by atoms with Gasteiger partial charge in [0.2, 0.25) is 0 Å². The van der Waals surface area contributed by atoms with Crippen LogP contribution in [0.25, 0.3) is 0 Å². The molecule has 0 spiro atoms. The minimum absolute atomic E-state index is 0.0351. The van der Waals surface area contributed by atoms with E-state index in [2.05, 4.69) is 0 Å². The number of epoxide rings is 1. The van der Waals surface area contributed by atoms with E-state index in [1.165, 1.54) is 0 Å². The molecule has 4 atom stereocenters. The number of rotatable bonds is 4. The molecule has 4 nitrogen and oxygen atoms in total. The molecule has 17 heavy (non-hydrogen) atoms. The molecular formula is C13H16O4. The van der Waals surface area contributed by atoms with E-state index >= 15 is 0 Å². The largest absolute Gasteiger partial charge is 0.396 e. The summed E-state index contributed by atoms with van der Waals surface area (Å²) in [6.07, 6.45) is 1.57. The van der Waals surface area contributed by atoms with E-state index in [0.717, 1.165) is 18.4 Å². The summed E-state index contributed by atoms with van der Waals surface area (Å²) in [6.45, 7) is 0.180. The van der Waals surface area contributed by atoms with Gasteiger partial charge in [-0.15, -0.1) is 0 Å². The quantitative estimate of drug-likeness (QED) is 0.637. The van der Waals surface area contributed by atoms with Crippen molar-refractivity contribution in [2.45, 2.75) is 37.3 Å². The molecule has 92 valence electrons. The maximum Gasteiger partial charge on any atom is 0.147 e. The van der Waals surface area contributed by atoms with Crippen molar-refractivity contribution in [3.63, 3.8) is 0 Å². The summed E-state index contributed by atoms with van der Waals surface area (Å²) in [5.74, 6) is 0. The fourth-order valence-electron chi connectivity index (χ4n) is 2.31. The van der Waals surface area contributed by atoms with E-state index in [9.17, 15) is 0 Å². The first-order valence-electron chi connectivity index (χ1n) is 6.03. The standard InChI is InChI=1S/C13H16O4/c14-8-4-7-10-12-13(15-12)11(17-16-10)9-5-2-1-3-6-9/h1-3,5-6,10-14H,4,7-8H2/t10-,11+,12+,13-/m0/s1. The molecule has 1 aromatic rings. The molecule has 0 amide bonds. The van der Waals surface area contributed by atoms with Gasteiger partial charge in [0.1, 0.15) is 24.4 Å². The van der Waals surface area contributed by atoms with E-state index < -0.39 is 0 Å². The van der Waals surface area contributed by atoms with Gasteiger partial charge >= 0.3 is 0 Å². The van der Waals surface area contributed by atoms with Crippen molar-refractivity contribution < 1.29 is 19.6 Å². The second-order valence-electron chi connectivity index (χ2n) is 4.49. The summed E-state index contributed by atoms with van der Waals surface area (Å²) in [5.41, 5.74) is 1.08. The van der Waals surface area contributed by atoms with Crippen molar-refractivity contribution in [3.05, 3.63) is 35.9 Å². The van der Waals surface area contributed by atoms with E-state index in [4.69, 9.17) is 19.6 Å². The summed E-state index contributed by atoms with van der Waals surface area (Å²) < 4.78 is 5.62. The smallest absolute Gasteiger partial charge is 0.147 e. The topological polar surface area (TPSA) is 51.2 Å². The second-order valence-corrected chi connectivity index (χ2v) is 4.49. The number of benzene rings is 1. The molecule has 1 N–H and O–H groups in total. The summed E-state index contributed by atoms with van der Waals surface area (Å²) in [7, 11) is 0. The van der Waals surface area contributed by atoms with Crippen LogP contribution in [-0.4, -0.2) is 30.0 Å². The summed E-state index contributed by atoms with van der Waals surface area (Å²) in [6, 6.07) is 9.96. The maximum absolute atomic E-state index is 8.79. The lowest BCUT2D eigenvalue weighted by molar-refractivity contribution is -0.368. The van der Waals surface area contributed by atoms with Gasteiger partial charge in [-0.05, 0) is 18.4 Å². The van der Waals surface area contributed by atoms with Crippen molar-refractivity contribution in [3.8, 4) is 0 Å². The molecule has 1 aromatic carbocycles. The highest BCUT2D eigenvalue weighted by Gasteiger charge is 2.55. The van der Waals surface area contributed by atoms with Gasteiger partial charge in [-0.1, -0.05) is 30.3 Å². The Morgan fingerprint density at radius 2 is 1.88 bits per heavy atom. The Labute approximate surface area is 100 Å². The van der Waals surface area contributed by atoms with Crippen LogP contribution in [0.15, 0.2) is 30.3 Å². The normalized spacial score (nSPS) is 35.4. The monoisotopic (exact) mass is 236 g/mol. The Morgan fingerprint density at radius 3 is 2.65 bits per heavy atom. The van der Waals surface area contributed by atoms with Crippen LogP contribution in [0.4, 0.5) is 0 Å². The number of aliphatic hydroxyl groups is 1. The molecule has 2 aliphatic rings. The highest BCUT2D eigenvalue weighted by molar-refractivity contribution is 5.21. The molecule has 0 aromatic heterocycles. The Morgan fingerprint density at radius 1 is 1.06 bits per heavy atom. The van der Waals surface area contributed by atoms with Crippen LogP contribution >= 0.6 is 0 Å². The zero-order chi connectivity index (χ0) is 11.7. The third-order valence-corrected chi connectivity index (χ3v) is 3.28. The predicted octanol–water partition coefficient (Wildman–Crippen LogP) is 1.60.